The van der Waals surface area contributed by atoms with Crippen molar-refractivity contribution in [3.05, 3.63) is 0 Å². The zero-order valence-electron chi connectivity index (χ0n) is 8.19. The van der Waals surface area contributed by atoms with E-state index >= 15 is 0 Å². The fourth-order valence-electron chi connectivity index (χ4n) is 0. The Morgan fingerprint density at radius 2 is 0.0865 bits per heavy atom. The van der Waals surface area contributed by atoms with Gasteiger partial charge in [0.25, 0.3) is 0 Å². The predicted molar refractivity (Wildman–Crippen MR) is 695 cm³/mol. The van der Waals surface area contributed by atoms with Gasteiger partial charge >= 0.3 is 41.5 Å². The van der Waals surface area contributed by atoms with Crippen molar-refractivity contribution in [2.75, 3.05) is 0 Å². The van der Waals surface area contributed by atoms with Crippen molar-refractivity contribution in [3.63, 3.8) is 0 Å². The first kappa shape index (κ1) is 19900. The van der Waals surface area contributed by atoms with E-state index in [1.807, 2.05) is 0 Å². The summed E-state index contributed by atoms with van der Waals surface area (Å²) in [6.45, 7) is 0. The van der Waals surface area contributed by atoms with Gasteiger partial charge in [0.15, 0.2) is 0 Å². The van der Waals surface area contributed by atoms with Crippen LogP contribution in [0.3, 0.4) is 0 Å². The van der Waals surface area contributed by atoms with Gasteiger partial charge in [0.05, 0.1) is 0 Å². The van der Waals surface area contributed by atoms with E-state index in [0.717, 1.165) is 0 Å². The Labute approximate surface area is 794 Å². The summed E-state index contributed by atoms with van der Waals surface area (Å²) in [6.07, 6.45) is 15.0. The molecule has 0 bridgehead atoms. The first-order valence-electron chi connectivity index (χ1n) is 3.00. The normalized spacial score (nSPS) is 0.375. The van der Waals surface area contributed by atoms with Crippen LogP contribution < -0.4 is 24.6 Å². The molecule has 0 aliphatic carbocycles. The molecule has 4 nitrogen and oxygen atoms in total. The summed E-state index contributed by atoms with van der Waals surface area (Å²) in [5.74, 6) is 0. The van der Waals surface area contributed by atoms with Crippen molar-refractivity contribution >= 4 is 16.8 Å². The average Bonchev–Trinajstić information content (AvgIpc) is 2.18. The molecule has 0 saturated heterocycles. The first-order valence-corrected chi connectivity index (χ1v) is 11.8. The molecule has 12 N–H and O–H groups in total. The Bertz CT molecular complexity index is 69.9. The maximum atomic E-state index is 6.40. The molecule has 0 aromatic heterocycles. The molecule has 0 aliphatic heterocycles. The first-order chi connectivity index (χ1) is 5.41. The summed E-state index contributed by atoms with van der Waals surface area (Å²) in [5, 5.41) is 0. The van der Waals surface area contributed by atoms with E-state index in [1.165, 1.54) is 0 Å². The molecule has 0 spiro atoms. The van der Waals surface area contributed by atoms with E-state index in [9.17, 15) is 0 Å². The molecule has 0 rings (SSSR count). The third-order valence-electron chi connectivity index (χ3n) is 0. The molecule has 0 aromatic carbocycles. The number of hydrogen-bond acceptors (Lipinski definition) is 4. The van der Waals surface area contributed by atoms with Gasteiger partial charge in [-0.3, -0.25) is 0 Å². The molecule has 6 heteroatoms. The summed E-state index contributed by atoms with van der Waals surface area (Å²) in [6, 6.07) is 0. The predicted octanol–water partition coefficient (Wildman–Crippen LogP) is 63.6. The molecule has 0 radical (unpaired) electrons. The molecule has 0 aliphatic rings. The van der Waals surface area contributed by atoms with Crippen LogP contribution in [0.2, 0.25) is 5.65 Å². The van der Waals surface area contributed by atoms with E-state index in [2.05, 4.69) is 41.3 Å². The average molecular weight is 2010 g/mol. The Morgan fingerprint density at radius 1 is 0.0865 bits per heavy atom. The van der Waals surface area contributed by atoms with Crippen molar-refractivity contribution in [3.8, 4) is 0 Å². The summed E-state index contributed by atoms with van der Waals surface area (Å²) in [7, 11) is 0. The second kappa shape index (κ2) is 427000. The fourth-order valence-corrected chi connectivity index (χ4v) is 0. The maximum absolute atomic E-state index is 6.40. The van der Waals surface area contributed by atoms with E-state index in [4.69, 9.17) is 5.84 Å². The molecule has 104 heavy (non-hydrogen) atoms. The van der Waals surface area contributed by atoms with Crippen molar-refractivity contribution in [2.24, 2.45) is 0 Å². The molecular weight excluding hydrogens is 1600 g/mol. The molecule has 0 saturated carbocycles. The van der Waals surface area contributed by atoms with Gasteiger partial charge in [-0.1, -0.05) is 728 Å². The Hall–Kier alpha value is 1.62. The van der Waals surface area contributed by atoms with Crippen LogP contribution in [0.4, 0.5) is 0 Å². The Morgan fingerprint density at radius 3 is 0.0865 bits per heavy atom. The van der Waals surface area contributed by atoms with Crippen molar-refractivity contribution in [2.45, 2.75) is 728 Å². The standard InChI is InChI=1S/98CH4.HI.4H3N.U.H/h98*1H4;1H;4*1H3;;/q;;;;;;;;;;;;;;;;;;;;;;;;;;;;;;;;;;;;;;;;;;;;;;;;;;;;;;;;;;;;;;;;;;;;;;;;;;;;;;;;;;;;;;;;;;;;;;;;;;;;;;;+1;/p-1/i;;;;;;;;;;;;;;;;;;;;;;;;;;;;;;;;;;;;;;;;;;;;;;;;;;;;;;;;;;;;;;;;;;;;;;;;;;;;;;;;;;;;;;;;;;;;;;;;;;;;;;;;1+1/hD4. The zero-order chi connectivity index (χ0) is 10.7. The van der Waals surface area contributed by atoms with Gasteiger partial charge in [0, 0.05) is 0 Å². The van der Waals surface area contributed by atoms with Gasteiger partial charge in [-0.2, -0.15) is 0 Å². The number of hydrogen-bond donors (Lipinski definition) is 4. The van der Waals surface area contributed by atoms with Gasteiger partial charge in [0.2, 0.25) is 0 Å². The third-order valence-corrected chi connectivity index (χ3v) is 0. The van der Waals surface area contributed by atoms with E-state index in [1.54, 1.807) is 0 Å². The second-order valence-electron chi connectivity index (χ2n) is 0. The summed E-state index contributed by atoms with van der Waals surface area (Å²) in [5.41, 5.74) is 0. The van der Waals surface area contributed by atoms with Crippen LogP contribution in [-0.2, 0) is 0 Å². The topological polar surface area (TPSA) is 140 Å². The van der Waals surface area contributed by atoms with E-state index in [0.29, 0.717) is 0 Å². The molecule has 0 aromatic rings. The van der Waals surface area contributed by atoms with Crippen LogP contribution in [0, 0.1) is 24.5 Å². The van der Waals surface area contributed by atoms with Gasteiger partial charge in [-0.05, 0) is 0 Å². The van der Waals surface area contributed by atoms with Crippen LogP contribution >= 0.6 is 16.8 Å². The molecule has 0 amide bonds. The van der Waals surface area contributed by atoms with E-state index < -0.39 is 24.5 Å². The molecule has 0 unspecified atom stereocenters. The van der Waals surface area contributed by atoms with Crippen LogP contribution in [0.1, 0.15) is 728 Å². The Balaban J connectivity index is -0.0000000000334. The molecule has 0 fully saturated rings. The Kier molecular flexibility index (Phi) is 81700000. The van der Waals surface area contributed by atoms with Gasteiger partial charge < -0.3 is 24.6 Å². The van der Waals surface area contributed by atoms with Crippen LogP contribution in [0.5, 0.6) is 0 Å². The van der Waals surface area contributed by atoms with Gasteiger partial charge in [-0.15, -0.1) is 0 Å². The van der Waals surface area contributed by atoms with Crippen molar-refractivity contribution in [1.29, 1.82) is 0.194 Å². The van der Waals surface area contributed by atoms with Crippen LogP contribution in [0.25, 0.3) is 0 Å². The third kappa shape index (κ3) is 415000. The molecule has 828 valence electrons. The minimum atomic E-state index is -0.785. The number of rotatable bonds is 0. The van der Waals surface area contributed by atoms with Gasteiger partial charge in [-0.25, -0.2) is 0 Å². The molecule has 0 atom stereocenters. The number of halogens is 1. The summed E-state index contributed by atoms with van der Waals surface area (Å²) >= 11 is 1.38. The zero-order valence-corrected chi connectivity index (χ0v) is 9.51. The molecule has 0 heterocycles. The minimum absolute atomic E-state index is 0. The van der Waals surface area contributed by atoms with Crippen LogP contribution in [-0.4, -0.2) is 0.194 Å². The van der Waals surface area contributed by atoms with Gasteiger partial charge in [0.1, 0.15) is 5.65 Å². The fraction of sp³-hybridized carbons (Fsp3) is 1.00. The summed E-state index contributed by atoms with van der Waals surface area (Å²) in [4.78, 5) is 0. The van der Waals surface area contributed by atoms with E-state index in [-0.39, 0.29) is 728 Å². The second-order valence-corrected chi connectivity index (χ2v) is 0. The molecular formula is C98H405IN4U. The summed E-state index contributed by atoms with van der Waals surface area (Å²) < 4.78 is 27.4. The SMILES string of the molecule is C.C.C.C.C.C.C.C.C.C.C.C.C.C.C.C.C.C.C.C.C.C.C.C.C.C.C.C.C.C.C.C.C.C.C.C.C.C.C.C.C.C.C.C.C.C.C.C.C.C.C.C.C.C.C.C.C.C.C.C.C.C.C.C.C.C.C.C.C.C.C.C.C.C.C.C.C.C.C.C.C.C.C.C.C.C.C.C.C.C.C.C.C.C.C.C.C.C.[2H]N.[2H]N.[2H]N.[2H]N.[2H][U][I]. The van der Waals surface area contributed by atoms with Crippen molar-refractivity contribution < 1.29 is 30.2 Å². The monoisotopic (exact) mass is 2010 g/mol. The quantitative estimate of drug-likeness (QED) is 0.179. The van der Waals surface area contributed by atoms with Crippen molar-refractivity contribution in [1.82, 2.24) is 24.6 Å². The van der Waals surface area contributed by atoms with Crippen LogP contribution in [0.15, 0.2) is 0 Å².